The molecule has 6 heteroatoms. The van der Waals surface area contributed by atoms with E-state index >= 15 is 0 Å². The molecular weight excluding hydrogens is 311 g/mol. The zero-order valence-electron chi connectivity index (χ0n) is 9.36. The van der Waals surface area contributed by atoms with Crippen molar-refractivity contribution < 1.29 is 17.9 Å². The van der Waals surface area contributed by atoms with E-state index in [0.29, 0.717) is 18.4 Å². The first kappa shape index (κ1) is 14.6. The second-order valence-corrected chi connectivity index (χ2v) is 7.08. The summed E-state index contributed by atoms with van der Waals surface area (Å²) in [5.41, 5.74) is 0.576. The molecule has 0 radical (unpaired) electrons. The predicted molar refractivity (Wildman–Crippen MR) is 68.0 cm³/mol. The molecule has 0 aliphatic carbocycles. The molecule has 0 spiro atoms. The third-order valence-corrected chi connectivity index (χ3v) is 3.96. The first-order valence-corrected chi connectivity index (χ1v) is 7.95. The monoisotopic (exact) mass is 324 g/mol. The number of sulfone groups is 1. The predicted octanol–water partition coefficient (Wildman–Crippen LogP) is 2.45. The van der Waals surface area contributed by atoms with Gasteiger partial charge in [-0.05, 0) is 46.5 Å². The maximum absolute atomic E-state index is 13.0. The van der Waals surface area contributed by atoms with E-state index in [1.165, 1.54) is 18.2 Å². The van der Waals surface area contributed by atoms with Crippen LogP contribution >= 0.6 is 15.9 Å². The van der Waals surface area contributed by atoms with Crippen molar-refractivity contribution in [2.45, 2.75) is 18.9 Å². The summed E-state index contributed by atoms with van der Waals surface area (Å²) in [6.07, 6.45) is 1.11. The first-order valence-electron chi connectivity index (χ1n) is 5.10. The molecule has 0 bridgehead atoms. The van der Waals surface area contributed by atoms with Crippen molar-refractivity contribution in [1.29, 1.82) is 0 Å². The molecule has 17 heavy (non-hydrogen) atoms. The van der Waals surface area contributed by atoms with Crippen LogP contribution in [0.2, 0.25) is 0 Å². The molecule has 0 saturated heterocycles. The Kier molecular flexibility index (Phi) is 5.09. The standard InChI is InChI=1S/C11H14BrFO3S/c1-17(15,16)6-2-3-11(14)8-4-5-10(13)9(12)7-8/h4-5,7,11,14H,2-3,6H2,1H3. The zero-order valence-corrected chi connectivity index (χ0v) is 11.8. The van der Waals surface area contributed by atoms with E-state index < -0.39 is 21.8 Å². The molecule has 0 fully saturated rings. The van der Waals surface area contributed by atoms with Crippen LogP contribution in [0.15, 0.2) is 22.7 Å². The van der Waals surface area contributed by atoms with Gasteiger partial charge >= 0.3 is 0 Å². The minimum atomic E-state index is -3.00. The van der Waals surface area contributed by atoms with E-state index in [-0.39, 0.29) is 10.2 Å². The van der Waals surface area contributed by atoms with Gasteiger partial charge in [-0.2, -0.15) is 0 Å². The highest BCUT2D eigenvalue weighted by molar-refractivity contribution is 9.10. The third kappa shape index (κ3) is 5.14. The Hall–Kier alpha value is -0.460. The summed E-state index contributed by atoms with van der Waals surface area (Å²) < 4.78 is 35.1. The summed E-state index contributed by atoms with van der Waals surface area (Å²) >= 11 is 3.03. The van der Waals surface area contributed by atoms with E-state index in [9.17, 15) is 17.9 Å². The molecule has 1 unspecified atom stereocenters. The van der Waals surface area contributed by atoms with Crippen LogP contribution < -0.4 is 0 Å². The summed E-state index contributed by atoms with van der Waals surface area (Å²) in [7, 11) is -3.00. The molecule has 0 saturated carbocycles. The Morgan fingerprint density at radius 1 is 1.47 bits per heavy atom. The summed E-state index contributed by atoms with van der Waals surface area (Å²) in [6, 6.07) is 4.25. The van der Waals surface area contributed by atoms with Gasteiger partial charge in [0.05, 0.1) is 10.6 Å². The van der Waals surface area contributed by atoms with Gasteiger partial charge < -0.3 is 5.11 Å². The molecule has 96 valence electrons. The topological polar surface area (TPSA) is 54.4 Å². The van der Waals surface area contributed by atoms with Crippen LogP contribution in [0, 0.1) is 5.82 Å². The van der Waals surface area contributed by atoms with Crippen molar-refractivity contribution in [3.05, 3.63) is 34.1 Å². The lowest BCUT2D eigenvalue weighted by molar-refractivity contribution is 0.166. The van der Waals surface area contributed by atoms with Crippen molar-refractivity contribution in [1.82, 2.24) is 0 Å². The highest BCUT2D eigenvalue weighted by Gasteiger charge is 2.11. The van der Waals surface area contributed by atoms with Crippen LogP contribution in [0.1, 0.15) is 24.5 Å². The van der Waals surface area contributed by atoms with E-state index in [2.05, 4.69) is 15.9 Å². The lowest BCUT2D eigenvalue weighted by atomic mass is 10.1. The van der Waals surface area contributed by atoms with Gasteiger partial charge in [-0.25, -0.2) is 12.8 Å². The van der Waals surface area contributed by atoms with Crippen molar-refractivity contribution >= 4 is 25.8 Å². The molecule has 3 nitrogen and oxygen atoms in total. The molecule has 0 heterocycles. The molecule has 0 aromatic heterocycles. The Morgan fingerprint density at radius 2 is 2.12 bits per heavy atom. The minimum absolute atomic E-state index is 0.0480. The fraction of sp³-hybridized carbons (Fsp3) is 0.455. The second-order valence-electron chi connectivity index (χ2n) is 3.96. The zero-order chi connectivity index (χ0) is 13.1. The molecule has 0 aliphatic heterocycles. The van der Waals surface area contributed by atoms with Gasteiger partial charge in [0.2, 0.25) is 0 Å². The smallest absolute Gasteiger partial charge is 0.147 e. The quantitative estimate of drug-likeness (QED) is 0.905. The number of aliphatic hydroxyl groups is 1. The van der Waals surface area contributed by atoms with Crippen molar-refractivity contribution in [3.8, 4) is 0 Å². The Labute approximate surface area is 109 Å². The van der Waals surface area contributed by atoms with E-state index in [1.54, 1.807) is 0 Å². The fourth-order valence-corrected chi connectivity index (χ4v) is 2.51. The van der Waals surface area contributed by atoms with E-state index in [4.69, 9.17) is 0 Å². The van der Waals surface area contributed by atoms with Crippen molar-refractivity contribution in [2.24, 2.45) is 0 Å². The third-order valence-electron chi connectivity index (χ3n) is 2.32. The first-order chi connectivity index (χ1) is 7.79. The average molecular weight is 325 g/mol. The van der Waals surface area contributed by atoms with Gasteiger partial charge in [-0.15, -0.1) is 0 Å². The molecule has 1 aromatic carbocycles. The minimum Gasteiger partial charge on any atom is -0.388 e. The van der Waals surface area contributed by atoms with Crippen LogP contribution in [0.3, 0.4) is 0 Å². The summed E-state index contributed by atoms with van der Waals surface area (Å²) in [6.45, 7) is 0. The molecule has 1 rings (SSSR count). The van der Waals surface area contributed by atoms with E-state index in [1.807, 2.05) is 0 Å². The summed E-state index contributed by atoms with van der Waals surface area (Å²) in [5, 5.41) is 9.79. The van der Waals surface area contributed by atoms with Crippen LogP contribution in [0.5, 0.6) is 0 Å². The Balaban J connectivity index is 2.58. The summed E-state index contributed by atoms with van der Waals surface area (Å²) in [4.78, 5) is 0. The van der Waals surface area contributed by atoms with Gasteiger partial charge in [0.15, 0.2) is 0 Å². The number of rotatable bonds is 5. The molecule has 0 aliphatic rings. The number of aliphatic hydroxyl groups excluding tert-OH is 1. The summed E-state index contributed by atoms with van der Waals surface area (Å²) in [5.74, 6) is -0.344. The Bertz CT molecular complexity index is 487. The molecule has 0 amide bonds. The van der Waals surface area contributed by atoms with Gasteiger partial charge in [0, 0.05) is 12.0 Å². The van der Waals surface area contributed by atoms with Crippen LogP contribution in [0.4, 0.5) is 4.39 Å². The number of halogens is 2. The van der Waals surface area contributed by atoms with Crippen LogP contribution in [0.25, 0.3) is 0 Å². The fourth-order valence-electron chi connectivity index (χ4n) is 1.43. The van der Waals surface area contributed by atoms with Crippen LogP contribution in [-0.4, -0.2) is 25.5 Å². The molecule has 1 atom stereocenters. The van der Waals surface area contributed by atoms with Gasteiger partial charge in [0.25, 0.3) is 0 Å². The maximum Gasteiger partial charge on any atom is 0.147 e. The lowest BCUT2D eigenvalue weighted by Crippen LogP contribution is -2.06. The van der Waals surface area contributed by atoms with Gasteiger partial charge in [-0.1, -0.05) is 6.07 Å². The van der Waals surface area contributed by atoms with Crippen LogP contribution in [-0.2, 0) is 9.84 Å². The average Bonchev–Trinajstić information content (AvgIpc) is 2.20. The van der Waals surface area contributed by atoms with Crippen molar-refractivity contribution in [3.63, 3.8) is 0 Å². The highest BCUT2D eigenvalue weighted by Crippen LogP contribution is 2.24. The van der Waals surface area contributed by atoms with Gasteiger partial charge in [-0.3, -0.25) is 0 Å². The number of benzene rings is 1. The normalized spacial score (nSPS) is 13.6. The Morgan fingerprint density at radius 3 is 2.65 bits per heavy atom. The van der Waals surface area contributed by atoms with E-state index in [0.717, 1.165) is 6.26 Å². The lowest BCUT2D eigenvalue weighted by Gasteiger charge is -2.11. The van der Waals surface area contributed by atoms with Crippen molar-refractivity contribution in [2.75, 3.05) is 12.0 Å². The number of hydrogen-bond donors (Lipinski definition) is 1. The highest BCUT2D eigenvalue weighted by atomic mass is 79.9. The SMILES string of the molecule is CS(=O)(=O)CCCC(O)c1ccc(F)c(Br)c1. The molecule has 1 N–H and O–H groups in total. The largest absolute Gasteiger partial charge is 0.388 e. The second kappa shape index (κ2) is 5.93. The maximum atomic E-state index is 13.0. The molecular formula is C11H14BrFO3S. The molecule has 1 aromatic rings. The van der Waals surface area contributed by atoms with Gasteiger partial charge in [0.1, 0.15) is 15.7 Å². The number of hydrogen-bond acceptors (Lipinski definition) is 3.